The van der Waals surface area contributed by atoms with Gasteiger partial charge in [0.1, 0.15) is 0 Å². The fourth-order valence-corrected chi connectivity index (χ4v) is 1.34. The van der Waals surface area contributed by atoms with E-state index in [1.54, 1.807) is 0 Å². The van der Waals surface area contributed by atoms with Crippen LogP contribution in [0.4, 0.5) is 4.39 Å². The first-order valence-corrected chi connectivity index (χ1v) is 5.51. The van der Waals surface area contributed by atoms with Crippen LogP contribution in [0.3, 0.4) is 0 Å². The van der Waals surface area contributed by atoms with Crippen molar-refractivity contribution in [3.63, 3.8) is 0 Å². The minimum absolute atomic E-state index is 0.0735. The van der Waals surface area contributed by atoms with E-state index in [4.69, 9.17) is 4.74 Å². The van der Waals surface area contributed by atoms with E-state index < -0.39 is 5.82 Å². The van der Waals surface area contributed by atoms with Gasteiger partial charge in [0.05, 0.1) is 7.11 Å². The van der Waals surface area contributed by atoms with Crippen molar-refractivity contribution in [2.75, 3.05) is 26.7 Å². The Bertz CT molecular complexity index is 383. The molecule has 0 spiro atoms. The largest absolute Gasteiger partial charge is 0.494 e. The molecule has 0 aliphatic rings. The molecule has 0 unspecified atom stereocenters. The van der Waals surface area contributed by atoms with Gasteiger partial charge in [-0.3, -0.25) is 4.79 Å². The van der Waals surface area contributed by atoms with Crippen LogP contribution in [0.25, 0.3) is 0 Å². The number of methoxy groups -OCH3 is 1. The number of benzene rings is 1. The van der Waals surface area contributed by atoms with Crippen molar-refractivity contribution in [3.05, 3.63) is 29.6 Å². The van der Waals surface area contributed by atoms with Crippen LogP contribution in [0.2, 0.25) is 0 Å². The Hall–Kier alpha value is -1.62. The van der Waals surface area contributed by atoms with Crippen molar-refractivity contribution in [2.45, 2.75) is 6.92 Å². The fourth-order valence-electron chi connectivity index (χ4n) is 1.34. The lowest BCUT2D eigenvalue weighted by molar-refractivity contribution is 0.0953. The smallest absolute Gasteiger partial charge is 0.251 e. The maximum Gasteiger partial charge on any atom is 0.251 e. The molecule has 5 heteroatoms. The van der Waals surface area contributed by atoms with E-state index in [0.29, 0.717) is 18.7 Å². The molecule has 0 saturated carbocycles. The van der Waals surface area contributed by atoms with Crippen LogP contribution in [0.15, 0.2) is 18.2 Å². The zero-order valence-corrected chi connectivity index (χ0v) is 10.0. The Kier molecular flexibility index (Phi) is 5.42. The van der Waals surface area contributed by atoms with E-state index >= 15 is 0 Å². The number of hydrogen-bond acceptors (Lipinski definition) is 3. The lowest BCUT2D eigenvalue weighted by Gasteiger charge is -2.07. The number of nitrogens with one attached hydrogen (secondary N) is 2. The number of ether oxygens (including phenoxy) is 1. The Balaban J connectivity index is 2.57. The second kappa shape index (κ2) is 6.85. The maximum absolute atomic E-state index is 13.1. The molecule has 1 aromatic carbocycles. The van der Waals surface area contributed by atoms with E-state index in [-0.39, 0.29) is 11.7 Å². The molecule has 0 radical (unpaired) electrons. The molecule has 0 aliphatic carbocycles. The van der Waals surface area contributed by atoms with Crippen molar-refractivity contribution in [3.8, 4) is 5.75 Å². The average Bonchev–Trinajstić information content (AvgIpc) is 2.35. The number of carbonyl (C=O) groups is 1. The van der Waals surface area contributed by atoms with Crippen LogP contribution in [0, 0.1) is 5.82 Å². The van der Waals surface area contributed by atoms with Gasteiger partial charge in [0, 0.05) is 18.7 Å². The Labute approximate surface area is 100 Å². The molecule has 1 rings (SSSR count). The monoisotopic (exact) mass is 240 g/mol. The van der Waals surface area contributed by atoms with Crippen LogP contribution >= 0.6 is 0 Å². The molecule has 0 atom stereocenters. The second-order valence-corrected chi connectivity index (χ2v) is 3.46. The summed E-state index contributed by atoms with van der Waals surface area (Å²) in [6.45, 7) is 4.10. The molecule has 0 heterocycles. The minimum Gasteiger partial charge on any atom is -0.494 e. The van der Waals surface area contributed by atoms with Gasteiger partial charge in [-0.1, -0.05) is 6.92 Å². The highest BCUT2D eigenvalue weighted by Crippen LogP contribution is 2.17. The first kappa shape index (κ1) is 13.4. The first-order valence-electron chi connectivity index (χ1n) is 5.51. The number of carbonyl (C=O) groups excluding carboxylic acids is 1. The summed E-state index contributed by atoms with van der Waals surface area (Å²) in [7, 11) is 1.37. The second-order valence-electron chi connectivity index (χ2n) is 3.46. The van der Waals surface area contributed by atoms with Crippen LogP contribution in [0.5, 0.6) is 5.75 Å². The van der Waals surface area contributed by atoms with Crippen molar-refractivity contribution in [2.24, 2.45) is 0 Å². The van der Waals surface area contributed by atoms with Gasteiger partial charge >= 0.3 is 0 Å². The highest BCUT2D eigenvalue weighted by molar-refractivity contribution is 5.94. The molecule has 17 heavy (non-hydrogen) atoms. The van der Waals surface area contributed by atoms with Gasteiger partial charge in [-0.25, -0.2) is 4.39 Å². The van der Waals surface area contributed by atoms with Crippen LogP contribution in [-0.4, -0.2) is 32.7 Å². The predicted octanol–water partition coefficient (Wildman–Crippen LogP) is 1.17. The minimum atomic E-state index is -0.475. The van der Waals surface area contributed by atoms with Gasteiger partial charge in [0.15, 0.2) is 11.6 Å². The Morgan fingerprint density at radius 3 is 2.82 bits per heavy atom. The molecule has 1 amide bonds. The van der Waals surface area contributed by atoms with Gasteiger partial charge in [-0.2, -0.15) is 0 Å². The third-order valence-corrected chi connectivity index (χ3v) is 2.25. The summed E-state index contributed by atoms with van der Waals surface area (Å²) < 4.78 is 17.9. The van der Waals surface area contributed by atoms with Gasteiger partial charge < -0.3 is 15.4 Å². The molecule has 2 N–H and O–H groups in total. The topological polar surface area (TPSA) is 50.4 Å². The van der Waals surface area contributed by atoms with E-state index in [9.17, 15) is 9.18 Å². The molecule has 0 fully saturated rings. The van der Waals surface area contributed by atoms with Crippen LogP contribution < -0.4 is 15.4 Å². The average molecular weight is 240 g/mol. The summed E-state index contributed by atoms with van der Waals surface area (Å²) >= 11 is 0. The molecule has 0 aliphatic heterocycles. The van der Waals surface area contributed by atoms with Gasteiger partial charge in [-0.05, 0) is 24.7 Å². The number of likely N-dealkylation sites (N-methyl/N-ethyl adjacent to an activating group) is 1. The van der Waals surface area contributed by atoms with E-state index in [1.165, 1.54) is 25.3 Å². The highest BCUT2D eigenvalue weighted by Gasteiger charge is 2.09. The normalized spacial score (nSPS) is 10.1. The fraction of sp³-hybridized carbons (Fsp3) is 0.417. The molecule has 0 aromatic heterocycles. The van der Waals surface area contributed by atoms with E-state index in [0.717, 1.165) is 6.54 Å². The summed E-state index contributed by atoms with van der Waals surface area (Å²) in [5.74, 6) is -0.637. The van der Waals surface area contributed by atoms with Crippen molar-refractivity contribution < 1.29 is 13.9 Å². The quantitative estimate of drug-likeness (QED) is 0.734. The third-order valence-electron chi connectivity index (χ3n) is 2.25. The van der Waals surface area contributed by atoms with Crippen molar-refractivity contribution >= 4 is 5.91 Å². The summed E-state index contributed by atoms with van der Waals surface area (Å²) in [6, 6.07) is 4.04. The third kappa shape index (κ3) is 4.03. The molecule has 0 bridgehead atoms. The SMILES string of the molecule is CCNCCNC(=O)c1ccc(F)c(OC)c1. The molecule has 1 aromatic rings. The van der Waals surface area contributed by atoms with Gasteiger partial charge in [0.2, 0.25) is 0 Å². The van der Waals surface area contributed by atoms with Gasteiger partial charge in [-0.15, -0.1) is 0 Å². The highest BCUT2D eigenvalue weighted by atomic mass is 19.1. The molecule has 0 saturated heterocycles. The summed E-state index contributed by atoms with van der Waals surface area (Å²) in [5, 5.41) is 5.81. The molecule has 4 nitrogen and oxygen atoms in total. The van der Waals surface area contributed by atoms with Crippen molar-refractivity contribution in [1.82, 2.24) is 10.6 Å². The predicted molar refractivity (Wildman–Crippen MR) is 63.8 cm³/mol. The molecular formula is C12H17FN2O2. The van der Waals surface area contributed by atoms with E-state index in [2.05, 4.69) is 10.6 Å². The number of halogens is 1. The summed E-state index contributed by atoms with van der Waals surface area (Å²) in [5.41, 5.74) is 0.389. The van der Waals surface area contributed by atoms with Crippen LogP contribution in [0.1, 0.15) is 17.3 Å². The summed E-state index contributed by atoms with van der Waals surface area (Å²) in [6.07, 6.45) is 0. The van der Waals surface area contributed by atoms with Crippen molar-refractivity contribution in [1.29, 1.82) is 0 Å². The zero-order chi connectivity index (χ0) is 12.7. The standard InChI is InChI=1S/C12H17FN2O2/c1-3-14-6-7-15-12(16)9-4-5-10(13)11(8-9)17-2/h4-5,8,14H,3,6-7H2,1-2H3,(H,15,16). The molecular weight excluding hydrogens is 223 g/mol. The lowest BCUT2D eigenvalue weighted by atomic mass is 10.2. The van der Waals surface area contributed by atoms with Gasteiger partial charge in [0.25, 0.3) is 5.91 Å². The molecule has 94 valence electrons. The van der Waals surface area contributed by atoms with E-state index in [1.807, 2.05) is 6.92 Å². The number of rotatable bonds is 6. The first-order chi connectivity index (χ1) is 8.19. The lowest BCUT2D eigenvalue weighted by Crippen LogP contribution is -2.31. The number of hydrogen-bond donors (Lipinski definition) is 2. The Morgan fingerprint density at radius 1 is 1.41 bits per heavy atom. The van der Waals surface area contributed by atoms with Crippen LogP contribution in [-0.2, 0) is 0 Å². The number of amides is 1. The Morgan fingerprint density at radius 2 is 2.18 bits per heavy atom. The summed E-state index contributed by atoms with van der Waals surface area (Å²) in [4.78, 5) is 11.7. The zero-order valence-electron chi connectivity index (χ0n) is 10.0. The maximum atomic E-state index is 13.1.